The molecule has 0 aliphatic rings. The number of aliphatic hydroxyl groups excluding tert-OH is 1. The Bertz CT molecular complexity index is 305. The summed E-state index contributed by atoms with van der Waals surface area (Å²) >= 11 is 0. The summed E-state index contributed by atoms with van der Waals surface area (Å²) in [6.07, 6.45) is 2.69. The molecular weight excluding hydrogens is 176 g/mol. The summed E-state index contributed by atoms with van der Waals surface area (Å²) in [6, 6.07) is 5.64. The standard InChI is InChI=1S/C12H16O2/c1-3-8-14-12-7-5-6-10(9-13)11(12)4-2/h4-7,13H,2-3,8-9H2,1H3. The van der Waals surface area contributed by atoms with E-state index in [-0.39, 0.29) is 6.61 Å². The number of rotatable bonds is 5. The molecule has 0 unspecified atom stereocenters. The second kappa shape index (κ2) is 5.45. The second-order valence-corrected chi connectivity index (χ2v) is 3.04. The topological polar surface area (TPSA) is 29.5 Å². The molecule has 0 aromatic heterocycles. The van der Waals surface area contributed by atoms with Gasteiger partial charge in [-0.1, -0.05) is 31.7 Å². The molecule has 0 fully saturated rings. The molecule has 0 saturated heterocycles. The molecular formula is C12H16O2. The molecule has 2 heteroatoms. The van der Waals surface area contributed by atoms with Gasteiger partial charge < -0.3 is 9.84 Å². The average Bonchev–Trinajstić information content (AvgIpc) is 2.25. The fraction of sp³-hybridized carbons (Fsp3) is 0.333. The first-order valence-electron chi connectivity index (χ1n) is 4.81. The first-order valence-corrected chi connectivity index (χ1v) is 4.81. The van der Waals surface area contributed by atoms with E-state index < -0.39 is 0 Å². The Kier molecular flexibility index (Phi) is 4.20. The summed E-state index contributed by atoms with van der Waals surface area (Å²) in [5, 5.41) is 9.10. The third-order valence-electron chi connectivity index (χ3n) is 1.99. The van der Waals surface area contributed by atoms with Crippen molar-refractivity contribution in [2.75, 3.05) is 6.61 Å². The van der Waals surface area contributed by atoms with Crippen LogP contribution in [0.4, 0.5) is 0 Å². The van der Waals surface area contributed by atoms with Crippen LogP contribution in [0.5, 0.6) is 5.75 Å². The number of ether oxygens (including phenoxy) is 1. The summed E-state index contributed by atoms with van der Waals surface area (Å²) < 4.78 is 5.54. The molecule has 0 spiro atoms. The zero-order chi connectivity index (χ0) is 10.4. The van der Waals surface area contributed by atoms with Crippen LogP contribution < -0.4 is 4.74 Å². The van der Waals surface area contributed by atoms with E-state index in [9.17, 15) is 0 Å². The van der Waals surface area contributed by atoms with E-state index in [4.69, 9.17) is 9.84 Å². The molecule has 1 N–H and O–H groups in total. The Morgan fingerprint density at radius 3 is 2.86 bits per heavy atom. The highest BCUT2D eigenvalue weighted by Gasteiger charge is 2.04. The molecule has 1 rings (SSSR count). The quantitative estimate of drug-likeness (QED) is 0.777. The summed E-state index contributed by atoms with van der Waals surface area (Å²) in [5.41, 5.74) is 1.75. The normalized spacial score (nSPS) is 9.86. The van der Waals surface area contributed by atoms with E-state index in [1.165, 1.54) is 0 Å². The van der Waals surface area contributed by atoms with Crippen molar-refractivity contribution >= 4 is 6.08 Å². The molecule has 0 amide bonds. The van der Waals surface area contributed by atoms with Crippen molar-refractivity contribution in [1.82, 2.24) is 0 Å². The molecule has 0 bridgehead atoms. The van der Waals surface area contributed by atoms with Gasteiger partial charge in [-0.05, 0) is 18.1 Å². The molecule has 2 nitrogen and oxygen atoms in total. The number of hydrogen-bond acceptors (Lipinski definition) is 2. The van der Waals surface area contributed by atoms with Crippen LogP contribution in [0.3, 0.4) is 0 Å². The predicted molar refractivity (Wildman–Crippen MR) is 58.2 cm³/mol. The molecule has 0 heterocycles. The molecule has 1 aromatic carbocycles. The van der Waals surface area contributed by atoms with E-state index in [2.05, 4.69) is 13.5 Å². The highest BCUT2D eigenvalue weighted by Crippen LogP contribution is 2.23. The Balaban J connectivity index is 2.96. The van der Waals surface area contributed by atoms with Crippen LogP contribution >= 0.6 is 0 Å². The number of aliphatic hydroxyl groups is 1. The van der Waals surface area contributed by atoms with Gasteiger partial charge in [0.05, 0.1) is 13.2 Å². The third kappa shape index (κ3) is 2.36. The maximum atomic E-state index is 9.10. The van der Waals surface area contributed by atoms with Crippen LogP contribution in [0, 0.1) is 0 Å². The third-order valence-corrected chi connectivity index (χ3v) is 1.99. The van der Waals surface area contributed by atoms with Crippen molar-refractivity contribution in [2.45, 2.75) is 20.0 Å². The van der Waals surface area contributed by atoms with Gasteiger partial charge in [-0.25, -0.2) is 0 Å². The molecule has 76 valence electrons. The minimum Gasteiger partial charge on any atom is -0.493 e. The van der Waals surface area contributed by atoms with Gasteiger partial charge in [-0.3, -0.25) is 0 Å². The van der Waals surface area contributed by atoms with E-state index in [0.29, 0.717) is 6.61 Å². The summed E-state index contributed by atoms with van der Waals surface area (Å²) in [4.78, 5) is 0. The lowest BCUT2D eigenvalue weighted by Crippen LogP contribution is -1.99. The first kappa shape index (κ1) is 10.8. The fourth-order valence-corrected chi connectivity index (χ4v) is 1.30. The minimum atomic E-state index is 0.0185. The molecule has 0 atom stereocenters. The van der Waals surface area contributed by atoms with Crippen LogP contribution in [0.2, 0.25) is 0 Å². The SMILES string of the molecule is C=Cc1c(CO)cccc1OCCC. The molecule has 0 aliphatic carbocycles. The van der Waals surface area contributed by atoms with Crippen molar-refractivity contribution in [2.24, 2.45) is 0 Å². The van der Waals surface area contributed by atoms with Gasteiger partial charge in [0, 0.05) is 5.56 Å². The van der Waals surface area contributed by atoms with Crippen LogP contribution in [0.15, 0.2) is 24.8 Å². The zero-order valence-corrected chi connectivity index (χ0v) is 8.49. The maximum Gasteiger partial charge on any atom is 0.126 e. The van der Waals surface area contributed by atoms with E-state index in [0.717, 1.165) is 23.3 Å². The Morgan fingerprint density at radius 1 is 1.50 bits per heavy atom. The second-order valence-electron chi connectivity index (χ2n) is 3.04. The van der Waals surface area contributed by atoms with Gasteiger partial charge >= 0.3 is 0 Å². The van der Waals surface area contributed by atoms with E-state index in [1.54, 1.807) is 6.08 Å². The van der Waals surface area contributed by atoms with Gasteiger partial charge in [0.2, 0.25) is 0 Å². The molecule has 0 radical (unpaired) electrons. The molecule has 14 heavy (non-hydrogen) atoms. The number of benzene rings is 1. The maximum absolute atomic E-state index is 9.10. The van der Waals surface area contributed by atoms with Gasteiger partial charge in [0.1, 0.15) is 5.75 Å². The Hall–Kier alpha value is -1.28. The molecule has 1 aromatic rings. The zero-order valence-electron chi connectivity index (χ0n) is 8.49. The highest BCUT2D eigenvalue weighted by atomic mass is 16.5. The van der Waals surface area contributed by atoms with Crippen LogP contribution in [0.25, 0.3) is 6.08 Å². The van der Waals surface area contributed by atoms with E-state index in [1.807, 2.05) is 18.2 Å². The molecule has 0 aliphatic heterocycles. The monoisotopic (exact) mass is 192 g/mol. The minimum absolute atomic E-state index is 0.0185. The van der Waals surface area contributed by atoms with E-state index >= 15 is 0 Å². The first-order chi connectivity index (χ1) is 6.83. The lowest BCUT2D eigenvalue weighted by atomic mass is 10.1. The van der Waals surface area contributed by atoms with Crippen molar-refractivity contribution in [3.8, 4) is 5.75 Å². The summed E-state index contributed by atoms with van der Waals surface area (Å²) in [5.74, 6) is 0.799. The van der Waals surface area contributed by atoms with Crippen LogP contribution in [0.1, 0.15) is 24.5 Å². The summed E-state index contributed by atoms with van der Waals surface area (Å²) in [7, 11) is 0. The average molecular weight is 192 g/mol. The van der Waals surface area contributed by atoms with Gasteiger partial charge in [-0.15, -0.1) is 0 Å². The lowest BCUT2D eigenvalue weighted by molar-refractivity contribution is 0.278. The van der Waals surface area contributed by atoms with Gasteiger partial charge in [0.15, 0.2) is 0 Å². The highest BCUT2D eigenvalue weighted by molar-refractivity contribution is 5.59. The van der Waals surface area contributed by atoms with Crippen molar-refractivity contribution in [3.63, 3.8) is 0 Å². The van der Waals surface area contributed by atoms with Crippen molar-refractivity contribution in [1.29, 1.82) is 0 Å². The van der Waals surface area contributed by atoms with Crippen molar-refractivity contribution < 1.29 is 9.84 Å². The summed E-state index contributed by atoms with van der Waals surface area (Å²) in [6.45, 7) is 6.48. The Labute approximate surface area is 84.8 Å². The van der Waals surface area contributed by atoms with Gasteiger partial charge in [-0.2, -0.15) is 0 Å². The van der Waals surface area contributed by atoms with Crippen LogP contribution in [-0.4, -0.2) is 11.7 Å². The number of hydrogen-bond donors (Lipinski definition) is 1. The Morgan fingerprint density at radius 2 is 2.29 bits per heavy atom. The smallest absolute Gasteiger partial charge is 0.126 e. The van der Waals surface area contributed by atoms with Gasteiger partial charge in [0.25, 0.3) is 0 Å². The predicted octanol–water partition coefficient (Wildman–Crippen LogP) is 2.61. The molecule has 0 saturated carbocycles. The lowest BCUT2D eigenvalue weighted by Gasteiger charge is -2.10. The largest absolute Gasteiger partial charge is 0.493 e. The fourth-order valence-electron chi connectivity index (χ4n) is 1.30. The van der Waals surface area contributed by atoms with Crippen LogP contribution in [-0.2, 0) is 6.61 Å². The van der Waals surface area contributed by atoms with Crippen molar-refractivity contribution in [3.05, 3.63) is 35.9 Å².